The van der Waals surface area contributed by atoms with Crippen molar-refractivity contribution < 1.29 is 5.11 Å². The van der Waals surface area contributed by atoms with Gasteiger partial charge in [-0.2, -0.15) is 0 Å². The summed E-state index contributed by atoms with van der Waals surface area (Å²) in [5.41, 5.74) is 2.09. The van der Waals surface area contributed by atoms with Crippen LogP contribution in [0.2, 0.25) is 5.02 Å². The van der Waals surface area contributed by atoms with Gasteiger partial charge in [-0.25, -0.2) is 0 Å². The van der Waals surface area contributed by atoms with Crippen molar-refractivity contribution in [1.29, 1.82) is 0 Å². The van der Waals surface area contributed by atoms with Crippen molar-refractivity contribution in [3.63, 3.8) is 0 Å². The molecule has 1 aliphatic rings. The van der Waals surface area contributed by atoms with Gasteiger partial charge in [0.05, 0.1) is 6.10 Å². The molecule has 0 amide bonds. The summed E-state index contributed by atoms with van der Waals surface area (Å²) in [6.45, 7) is 0.726. The molecular weight excluding hydrogens is 326 g/mol. The Kier molecular flexibility index (Phi) is 3.70. The van der Waals surface area contributed by atoms with Crippen molar-refractivity contribution in [3.8, 4) is 0 Å². The topological polar surface area (TPSA) is 25.2 Å². The van der Waals surface area contributed by atoms with Crippen LogP contribution in [0.4, 0.5) is 0 Å². The van der Waals surface area contributed by atoms with E-state index < -0.39 is 0 Å². The monoisotopic (exact) mass is 339 g/mol. The number of aliphatic hydroxyl groups is 1. The fraction of sp³-hybridized carbons (Fsp3) is 0.333. The number of aliphatic hydroxyl groups excluding tert-OH is 1. The summed E-state index contributed by atoms with van der Waals surface area (Å²) in [5, 5.41) is 10.8. The quantitative estimate of drug-likeness (QED) is 0.877. The molecule has 1 atom stereocenters. The highest BCUT2D eigenvalue weighted by molar-refractivity contribution is 9.10. The minimum Gasteiger partial charge on any atom is -0.388 e. The van der Waals surface area contributed by atoms with E-state index in [1.54, 1.807) is 0 Å². The van der Waals surface area contributed by atoms with Crippen LogP contribution in [0, 0.1) is 5.92 Å². The fourth-order valence-corrected chi connectivity index (χ4v) is 3.00. The largest absolute Gasteiger partial charge is 0.388 e. The van der Waals surface area contributed by atoms with Crippen LogP contribution in [0.15, 0.2) is 41.1 Å². The highest BCUT2D eigenvalue weighted by atomic mass is 79.9. The van der Waals surface area contributed by atoms with Gasteiger partial charge in [-0.3, -0.25) is 0 Å². The minimum absolute atomic E-state index is 0.304. The summed E-state index contributed by atoms with van der Waals surface area (Å²) >= 11 is 9.62. The first-order valence-electron chi connectivity index (χ1n) is 6.41. The summed E-state index contributed by atoms with van der Waals surface area (Å²) in [4.78, 5) is 0. The molecule has 100 valence electrons. The molecule has 0 aliphatic heterocycles. The van der Waals surface area contributed by atoms with E-state index in [1.807, 2.05) is 36.7 Å². The normalized spacial score (nSPS) is 16.6. The highest BCUT2D eigenvalue weighted by Gasteiger charge is 2.31. The van der Waals surface area contributed by atoms with Crippen LogP contribution in [0.25, 0.3) is 0 Å². The van der Waals surface area contributed by atoms with Crippen molar-refractivity contribution in [3.05, 3.63) is 57.3 Å². The third kappa shape index (κ3) is 3.04. The predicted octanol–water partition coefficient (Wildman–Crippen LogP) is 4.40. The zero-order valence-electron chi connectivity index (χ0n) is 10.4. The van der Waals surface area contributed by atoms with Crippen LogP contribution in [0.3, 0.4) is 0 Å². The molecule has 1 N–H and O–H groups in total. The van der Waals surface area contributed by atoms with Crippen molar-refractivity contribution in [1.82, 2.24) is 4.57 Å². The Bertz CT molecular complexity index is 592. The number of hydrogen-bond donors (Lipinski definition) is 1. The summed E-state index contributed by atoms with van der Waals surface area (Å²) in [6.07, 6.45) is 6.00. The third-order valence-corrected chi connectivity index (χ3v) is 4.40. The van der Waals surface area contributed by atoms with Gasteiger partial charge in [0.2, 0.25) is 0 Å². The van der Waals surface area contributed by atoms with Crippen LogP contribution in [-0.4, -0.2) is 9.67 Å². The van der Waals surface area contributed by atoms with Gasteiger partial charge < -0.3 is 9.67 Å². The number of rotatable bonds is 4. The molecule has 1 fully saturated rings. The van der Waals surface area contributed by atoms with Gasteiger partial charge in [-0.05, 0) is 48.1 Å². The lowest BCUT2D eigenvalue weighted by molar-refractivity contribution is 0.154. The zero-order chi connectivity index (χ0) is 13.4. The standard InChI is InChI=1S/C15H15BrClNO/c16-13-4-3-11(14(17)7-13)8-18-6-5-12(9-18)15(19)10-1-2-10/h3-7,9-10,15,19H,1-2,8H2. The fourth-order valence-electron chi connectivity index (χ4n) is 2.26. The molecule has 0 radical (unpaired) electrons. The number of hydrogen-bond acceptors (Lipinski definition) is 1. The van der Waals surface area contributed by atoms with E-state index in [4.69, 9.17) is 11.6 Å². The Morgan fingerprint density at radius 3 is 2.84 bits per heavy atom. The molecule has 0 saturated heterocycles. The van der Waals surface area contributed by atoms with Crippen LogP contribution in [0.1, 0.15) is 30.1 Å². The van der Waals surface area contributed by atoms with E-state index in [-0.39, 0.29) is 6.10 Å². The maximum atomic E-state index is 10.1. The summed E-state index contributed by atoms with van der Waals surface area (Å²) in [6, 6.07) is 7.91. The molecule has 1 aliphatic carbocycles. The first kappa shape index (κ1) is 13.2. The van der Waals surface area contributed by atoms with Gasteiger partial charge in [-0.1, -0.05) is 33.6 Å². The molecule has 19 heavy (non-hydrogen) atoms. The first-order chi connectivity index (χ1) is 9.13. The van der Waals surface area contributed by atoms with E-state index in [9.17, 15) is 5.11 Å². The molecule has 1 saturated carbocycles. The molecule has 4 heteroatoms. The number of nitrogens with zero attached hydrogens (tertiary/aromatic N) is 1. The average molecular weight is 341 g/mol. The third-order valence-electron chi connectivity index (χ3n) is 3.55. The molecule has 1 heterocycles. The molecule has 1 unspecified atom stereocenters. The predicted molar refractivity (Wildman–Crippen MR) is 80.4 cm³/mol. The second kappa shape index (κ2) is 5.31. The SMILES string of the molecule is OC(c1ccn(Cc2ccc(Br)cc2Cl)c1)C1CC1. The smallest absolute Gasteiger partial charge is 0.0832 e. The van der Waals surface area contributed by atoms with Crippen LogP contribution in [0.5, 0.6) is 0 Å². The molecule has 1 aromatic heterocycles. The molecule has 0 spiro atoms. The molecule has 1 aromatic carbocycles. The van der Waals surface area contributed by atoms with Gasteiger partial charge in [-0.15, -0.1) is 0 Å². The van der Waals surface area contributed by atoms with Crippen molar-refractivity contribution in [2.75, 3.05) is 0 Å². The van der Waals surface area contributed by atoms with Gasteiger partial charge in [0.15, 0.2) is 0 Å². The van der Waals surface area contributed by atoms with Gasteiger partial charge in [0.25, 0.3) is 0 Å². The molecule has 2 aromatic rings. The van der Waals surface area contributed by atoms with Gasteiger partial charge >= 0.3 is 0 Å². The molecular formula is C15H15BrClNO. The lowest BCUT2D eigenvalue weighted by Gasteiger charge is -2.08. The van der Waals surface area contributed by atoms with Gasteiger partial charge in [0.1, 0.15) is 0 Å². The van der Waals surface area contributed by atoms with E-state index >= 15 is 0 Å². The van der Waals surface area contributed by atoms with Crippen LogP contribution >= 0.6 is 27.5 Å². The second-order valence-corrected chi connectivity index (χ2v) is 6.46. The lowest BCUT2D eigenvalue weighted by atomic mass is 10.1. The highest BCUT2D eigenvalue weighted by Crippen LogP contribution is 2.40. The van der Waals surface area contributed by atoms with Gasteiger partial charge in [0, 0.05) is 28.4 Å². The Morgan fingerprint density at radius 2 is 2.16 bits per heavy atom. The average Bonchev–Trinajstić information content (AvgIpc) is 3.12. The number of benzene rings is 1. The zero-order valence-corrected chi connectivity index (χ0v) is 12.7. The lowest BCUT2D eigenvalue weighted by Crippen LogP contribution is -2.00. The van der Waals surface area contributed by atoms with Crippen molar-refractivity contribution >= 4 is 27.5 Å². The Hall–Kier alpha value is -0.770. The maximum Gasteiger partial charge on any atom is 0.0832 e. The van der Waals surface area contributed by atoms with E-state index in [0.717, 1.165) is 40.0 Å². The number of aromatic nitrogens is 1. The van der Waals surface area contributed by atoms with Crippen LogP contribution in [-0.2, 0) is 6.54 Å². The van der Waals surface area contributed by atoms with E-state index in [1.165, 1.54) is 0 Å². The Labute approximate surface area is 126 Å². The summed E-state index contributed by atoms with van der Waals surface area (Å²) in [5.74, 6) is 0.465. The van der Waals surface area contributed by atoms with Crippen molar-refractivity contribution in [2.45, 2.75) is 25.5 Å². The Morgan fingerprint density at radius 1 is 1.37 bits per heavy atom. The van der Waals surface area contributed by atoms with E-state index in [2.05, 4.69) is 20.5 Å². The van der Waals surface area contributed by atoms with Crippen LogP contribution < -0.4 is 0 Å². The maximum absolute atomic E-state index is 10.1. The van der Waals surface area contributed by atoms with E-state index in [0.29, 0.717) is 5.92 Å². The molecule has 0 bridgehead atoms. The number of halogens is 2. The second-order valence-electron chi connectivity index (χ2n) is 5.14. The minimum atomic E-state index is -0.304. The summed E-state index contributed by atoms with van der Waals surface area (Å²) in [7, 11) is 0. The Balaban J connectivity index is 1.76. The van der Waals surface area contributed by atoms with Crippen molar-refractivity contribution in [2.24, 2.45) is 5.92 Å². The molecule has 2 nitrogen and oxygen atoms in total. The summed E-state index contributed by atoms with van der Waals surface area (Å²) < 4.78 is 3.05. The first-order valence-corrected chi connectivity index (χ1v) is 7.58. The molecule has 3 rings (SSSR count).